The van der Waals surface area contributed by atoms with E-state index in [1.54, 1.807) is 6.07 Å². The molecule has 0 unspecified atom stereocenters. The zero-order valence-electron chi connectivity index (χ0n) is 8.42. The lowest BCUT2D eigenvalue weighted by Crippen LogP contribution is -2.25. The second kappa shape index (κ2) is 5.05. The molecule has 0 amide bonds. The third-order valence-corrected chi connectivity index (χ3v) is 2.27. The Balaban J connectivity index is 0.00000128. The lowest BCUT2D eigenvalue weighted by molar-refractivity contribution is 0.243. The van der Waals surface area contributed by atoms with E-state index in [1.165, 1.54) is 12.1 Å². The van der Waals surface area contributed by atoms with Crippen molar-refractivity contribution in [1.29, 1.82) is 0 Å². The fraction of sp³-hybridized carbons (Fsp3) is 0.300. The number of aliphatic imine (C=N–C) groups is 1. The predicted molar refractivity (Wildman–Crippen MR) is 62.3 cm³/mol. The molecule has 0 saturated carbocycles. The molecule has 5 nitrogen and oxygen atoms in total. The highest BCUT2D eigenvalue weighted by Gasteiger charge is 2.18. The van der Waals surface area contributed by atoms with Gasteiger partial charge in [0.05, 0.1) is 6.54 Å². The standard InChI is InChI=1S/C10H12N2O3.ClH/c13-7-2-1-6(5-8(7)14)9(15)10-11-3-4-12-10;/h1-2,5,9,13-15H,3-4H2,(H,11,12);1H/t9-;/m0./s1. The van der Waals surface area contributed by atoms with Crippen LogP contribution in [0.5, 0.6) is 11.5 Å². The molecule has 0 radical (unpaired) electrons. The molecule has 0 spiro atoms. The van der Waals surface area contributed by atoms with Gasteiger partial charge in [0.2, 0.25) is 0 Å². The van der Waals surface area contributed by atoms with Crippen LogP contribution in [0.2, 0.25) is 0 Å². The van der Waals surface area contributed by atoms with Crippen molar-refractivity contribution in [3.05, 3.63) is 23.8 Å². The molecular weight excluding hydrogens is 232 g/mol. The van der Waals surface area contributed by atoms with Crippen LogP contribution in [0.4, 0.5) is 0 Å². The summed E-state index contributed by atoms with van der Waals surface area (Å²) in [6, 6.07) is 4.20. The van der Waals surface area contributed by atoms with Crippen LogP contribution < -0.4 is 5.32 Å². The van der Waals surface area contributed by atoms with E-state index in [-0.39, 0.29) is 23.9 Å². The van der Waals surface area contributed by atoms with Gasteiger partial charge in [0, 0.05) is 6.54 Å². The molecule has 1 aliphatic rings. The number of rotatable bonds is 2. The number of nitrogens with zero attached hydrogens (tertiary/aromatic N) is 1. The number of phenolic OH excluding ortho intramolecular Hbond substituents is 2. The van der Waals surface area contributed by atoms with E-state index in [1.807, 2.05) is 0 Å². The molecule has 1 atom stereocenters. The first-order valence-electron chi connectivity index (χ1n) is 4.66. The maximum atomic E-state index is 9.85. The molecule has 4 N–H and O–H groups in total. The van der Waals surface area contributed by atoms with Crippen molar-refractivity contribution in [2.45, 2.75) is 6.10 Å². The molecule has 1 heterocycles. The van der Waals surface area contributed by atoms with Crippen LogP contribution in [0.3, 0.4) is 0 Å². The van der Waals surface area contributed by atoms with Gasteiger partial charge in [-0.05, 0) is 17.7 Å². The number of hydrogen-bond donors (Lipinski definition) is 4. The van der Waals surface area contributed by atoms with Crippen LogP contribution in [0.25, 0.3) is 0 Å². The fourth-order valence-electron chi connectivity index (χ4n) is 1.47. The predicted octanol–water partition coefficient (Wildman–Crippen LogP) is 0.555. The second-order valence-corrected chi connectivity index (χ2v) is 3.34. The Morgan fingerprint density at radius 3 is 2.56 bits per heavy atom. The Hall–Kier alpha value is -1.46. The van der Waals surface area contributed by atoms with E-state index in [9.17, 15) is 10.2 Å². The van der Waals surface area contributed by atoms with E-state index in [2.05, 4.69) is 10.3 Å². The van der Waals surface area contributed by atoms with E-state index in [0.29, 0.717) is 17.9 Å². The summed E-state index contributed by atoms with van der Waals surface area (Å²) in [7, 11) is 0. The summed E-state index contributed by atoms with van der Waals surface area (Å²) in [6.07, 6.45) is -0.876. The third kappa shape index (κ3) is 2.37. The average Bonchev–Trinajstić information content (AvgIpc) is 2.74. The van der Waals surface area contributed by atoms with Crippen LogP contribution >= 0.6 is 12.4 Å². The quantitative estimate of drug-likeness (QED) is 0.573. The summed E-state index contributed by atoms with van der Waals surface area (Å²) >= 11 is 0. The molecule has 0 aromatic heterocycles. The van der Waals surface area contributed by atoms with Gasteiger partial charge in [-0.3, -0.25) is 4.99 Å². The lowest BCUT2D eigenvalue weighted by atomic mass is 10.1. The largest absolute Gasteiger partial charge is 0.504 e. The average molecular weight is 245 g/mol. The van der Waals surface area contributed by atoms with Gasteiger partial charge in [-0.25, -0.2) is 0 Å². The van der Waals surface area contributed by atoms with Gasteiger partial charge in [-0.15, -0.1) is 12.4 Å². The molecular formula is C10H13ClN2O3. The highest BCUT2D eigenvalue weighted by molar-refractivity contribution is 5.88. The van der Waals surface area contributed by atoms with Gasteiger partial charge in [0.1, 0.15) is 11.9 Å². The molecule has 88 valence electrons. The number of aliphatic hydroxyl groups excluding tert-OH is 1. The molecule has 16 heavy (non-hydrogen) atoms. The van der Waals surface area contributed by atoms with E-state index in [0.717, 1.165) is 6.54 Å². The number of nitrogens with one attached hydrogen (secondary N) is 1. The molecule has 6 heteroatoms. The molecule has 0 aliphatic carbocycles. The van der Waals surface area contributed by atoms with Gasteiger partial charge >= 0.3 is 0 Å². The highest BCUT2D eigenvalue weighted by atomic mass is 35.5. The van der Waals surface area contributed by atoms with Crippen molar-refractivity contribution < 1.29 is 15.3 Å². The summed E-state index contributed by atoms with van der Waals surface area (Å²) in [5.41, 5.74) is 0.499. The molecule has 2 rings (SSSR count). The third-order valence-electron chi connectivity index (χ3n) is 2.27. The van der Waals surface area contributed by atoms with Crippen LogP contribution in [0, 0.1) is 0 Å². The SMILES string of the molecule is Cl.Oc1ccc([C@H](O)C2=NCCN2)cc1O. The minimum absolute atomic E-state index is 0. The lowest BCUT2D eigenvalue weighted by Gasteiger charge is -2.12. The maximum Gasteiger partial charge on any atom is 0.157 e. The zero-order chi connectivity index (χ0) is 10.8. The second-order valence-electron chi connectivity index (χ2n) is 3.34. The van der Waals surface area contributed by atoms with Gasteiger partial charge in [-0.1, -0.05) is 6.07 Å². The highest BCUT2D eigenvalue weighted by Crippen LogP contribution is 2.28. The minimum Gasteiger partial charge on any atom is -0.504 e. The molecule has 0 fully saturated rings. The Bertz CT molecular complexity index is 409. The van der Waals surface area contributed by atoms with Crippen molar-refractivity contribution in [3.63, 3.8) is 0 Å². The molecule has 0 saturated heterocycles. The summed E-state index contributed by atoms with van der Waals surface area (Å²) in [5, 5.41) is 31.2. The van der Waals surface area contributed by atoms with E-state index in [4.69, 9.17) is 5.11 Å². The van der Waals surface area contributed by atoms with Crippen molar-refractivity contribution in [2.75, 3.05) is 13.1 Å². The van der Waals surface area contributed by atoms with Crippen molar-refractivity contribution in [2.24, 2.45) is 4.99 Å². The van der Waals surface area contributed by atoms with Crippen molar-refractivity contribution >= 4 is 18.2 Å². The van der Waals surface area contributed by atoms with Crippen LogP contribution in [0.15, 0.2) is 23.2 Å². The Morgan fingerprint density at radius 1 is 1.25 bits per heavy atom. The Labute approximate surface area is 98.9 Å². The van der Waals surface area contributed by atoms with Crippen LogP contribution in [0.1, 0.15) is 11.7 Å². The first kappa shape index (κ1) is 12.6. The molecule has 1 aliphatic heterocycles. The van der Waals surface area contributed by atoms with Gasteiger partial charge < -0.3 is 20.6 Å². The number of phenols is 2. The molecule has 1 aromatic carbocycles. The fourth-order valence-corrected chi connectivity index (χ4v) is 1.47. The first-order valence-corrected chi connectivity index (χ1v) is 4.66. The van der Waals surface area contributed by atoms with Crippen molar-refractivity contribution in [3.8, 4) is 11.5 Å². The van der Waals surface area contributed by atoms with E-state index < -0.39 is 6.10 Å². The van der Waals surface area contributed by atoms with Gasteiger partial charge in [-0.2, -0.15) is 0 Å². The summed E-state index contributed by atoms with van der Waals surface area (Å²) in [6.45, 7) is 1.37. The zero-order valence-corrected chi connectivity index (χ0v) is 9.24. The smallest absolute Gasteiger partial charge is 0.157 e. The summed E-state index contributed by atoms with van der Waals surface area (Å²) < 4.78 is 0. The van der Waals surface area contributed by atoms with E-state index >= 15 is 0 Å². The summed E-state index contributed by atoms with van der Waals surface area (Å²) in [4.78, 5) is 4.08. The monoisotopic (exact) mass is 244 g/mol. The number of halogens is 1. The number of benzene rings is 1. The van der Waals surface area contributed by atoms with Gasteiger partial charge in [0.15, 0.2) is 11.5 Å². The molecule has 1 aromatic rings. The van der Waals surface area contributed by atoms with Gasteiger partial charge in [0.25, 0.3) is 0 Å². The normalized spacial score (nSPS) is 15.9. The number of hydrogen-bond acceptors (Lipinski definition) is 5. The first-order chi connectivity index (χ1) is 7.18. The topological polar surface area (TPSA) is 85.1 Å². The number of amidine groups is 1. The molecule has 0 bridgehead atoms. The Kier molecular flexibility index (Phi) is 3.98. The minimum atomic E-state index is -0.876. The van der Waals surface area contributed by atoms with Crippen LogP contribution in [-0.4, -0.2) is 34.2 Å². The number of aromatic hydroxyl groups is 2. The maximum absolute atomic E-state index is 9.85. The number of aliphatic hydroxyl groups is 1. The Morgan fingerprint density at radius 2 is 2.00 bits per heavy atom. The summed E-state index contributed by atoms with van der Waals surface area (Å²) in [5.74, 6) is 0.0532. The van der Waals surface area contributed by atoms with Crippen LogP contribution in [-0.2, 0) is 0 Å². The van der Waals surface area contributed by atoms with Crippen molar-refractivity contribution in [1.82, 2.24) is 5.32 Å².